The third-order valence-corrected chi connectivity index (χ3v) is 4.52. The van der Waals surface area contributed by atoms with Crippen molar-refractivity contribution in [1.82, 2.24) is 10.3 Å². The Labute approximate surface area is 117 Å². The molecule has 18 heavy (non-hydrogen) atoms. The molecule has 98 valence electrons. The predicted octanol–water partition coefficient (Wildman–Crippen LogP) is 3.07. The van der Waals surface area contributed by atoms with E-state index in [1.807, 2.05) is 6.92 Å². The molecule has 2 rings (SSSR count). The van der Waals surface area contributed by atoms with E-state index < -0.39 is 0 Å². The van der Waals surface area contributed by atoms with Crippen LogP contribution in [-0.4, -0.2) is 22.3 Å². The lowest BCUT2D eigenvalue weighted by Crippen LogP contribution is -2.42. The van der Waals surface area contributed by atoms with E-state index in [0.29, 0.717) is 12.0 Å². The van der Waals surface area contributed by atoms with Crippen molar-refractivity contribution >= 4 is 21.8 Å². The Morgan fingerprint density at radius 3 is 3.00 bits per heavy atom. The minimum atomic E-state index is 0.0350. The van der Waals surface area contributed by atoms with Gasteiger partial charge in [-0.1, -0.05) is 28.8 Å². The summed E-state index contributed by atoms with van der Waals surface area (Å²) in [5, 5.41) is 4.15. The van der Waals surface area contributed by atoms with Gasteiger partial charge in [-0.25, -0.2) is 0 Å². The minimum Gasteiger partial charge on any atom is -0.349 e. The van der Waals surface area contributed by atoms with Crippen LogP contribution in [0.5, 0.6) is 0 Å². The number of carbonyl (C=O) groups is 1. The maximum atomic E-state index is 12.2. The zero-order valence-corrected chi connectivity index (χ0v) is 12.2. The van der Waals surface area contributed by atoms with Crippen molar-refractivity contribution in [3.63, 3.8) is 0 Å². The second-order valence-electron chi connectivity index (χ2n) is 4.97. The van der Waals surface area contributed by atoms with E-state index in [4.69, 9.17) is 0 Å². The van der Waals surface area contributed by atoms with E-state index >= 15 is 0 Å². The van der Waals surface area contributed by atoms with Crippen molar-refractivity contribution in [1.29, 1.82) is 0 Å². The SMILES string of the molecule is Cc1cnccc1C(=O)NC1CCCCC1CBr. The van der Waals surface area contributed by atoms with Crippen LogP contribution in [0, 0.1) is 12.8 Å². The Balaban J connectivity index is 2.04. The van der Waals surface area contributed by atoms with Crippen LogP contribution in [0.4, 0.5) is 0 Å². The largest absolute Gasteiger partial charge is 0.349 e. The molecule has 4 heteroatoms. The number of amides is 1. The lowest BCUT2D eigenvalue weighted by atomic mass is 9.85. The van der Waals surface area contributed by atoms with Gasteiger partial charge in [-0.3, -0.25) is 9.78 Å². The molecule has 2 atom stereocenters. The molecule has 3 nitrogen and oxygen atoms in total. The van der Waals surface area contributed by atoms with Crippen molar-refractivity contribution in [2.24, 2.45) is 5.92 Å². The van der Waals surface area contributed by atoms with Gasteiger partial charge in [0.1, 0.15) is 0 Å². The Kier molecular flexibility index (Phi) is 4.75. The van der Waals surface area contributed by atoms with E-state index in [2.05, 4.69) is 26.2 Å². The molecule has 1 aromatic heterocycles. The molecule has 1 aliphatic rings. The molecule has 0 saturated heterocycles. The van der Waals surface area contributed by atoms with Crippen molar-refractivity contribution in [3.05, 3.63) is 29.6 Å². The van der Waals surface area contributed by atoms with Crippen LogP contribution in [0.25, 0.3) is 0 Å². The van der Waals surface area contributed by atoms with Gasteiger partial charge in [0.15, 0.2) is 0 Å². The van der Waals surface area contributed by atoms with Crippen LogP contribution in [-0.2, 0) is 0 Å². The van der Waals surface area contributed by atoms with Gasteiger partial charge in [0.2, 0.25) is 0 Å². The number of hydrogen-bond acceptors (Lipinski definition) is 2. The molecular formula is C14H19BrN2O. The molecule has 1 fully saturated rings. The lowest BCUT2D eigenvalue weighted by Gasteiger charge is -2.31. The third-order valence-electron chi connectivity index (χ3n) is 3.69. The van der Waals surface area contributed by atoms with Crippen LogP contribution in [0.3, 0.4) is 0 Å². The maximum absolute atomic E-state index is 12.2. The number of alkyl halides is 1. The van der Waals surface area contributed by atoms with Crippen molar-refractivity contribution < 1.29 is 4.79 Å². The summed E-state index contributed by atoms with van der Waals surface area (Å²) in [5.74, 6) is 0.595. The first-order chi connectivity index (χ1) is 8.72. The number of aromatic nitrogens is 1. The number of hydrogen-bond donors (Lipinski definition) is 1. The number of pyridine rings is 1. The van der Waals surface area contributed by atoms with Gasteiger partial charge in [-0.05, 0) is 37.3 Å². The monoisotopic (exact) mass is 310 g/mol. The molecule has 0 radical (unpaired) electrons. The van der Waals surface area contributed by atoms with Crippen LogP contribution in [0.1, 0.15) is 41.6 Å². The molecule has 1 heterocycles. The van der Waals surface area contributed by atoms with Gasteiger partial charge in [0, 0.05) is 29.3 Å². The first kappa shape index (κ1) is 13.5. The van der Waals surface area contributed by atoms with Crippen molar-refractivity contribution in [2.45, 2.75) is 38.6 Å². The molecule has 0 bridgehead atoms. The summed E-state index contributed by atoms with van der Waals surface area (Å²) in [5.41, 5.74) is 1.67. The smallest absolute Gasteiger partial charge is 0.251 e. The first-order valence-corrected chi connectivity index (χ1v) is 7.62. The first-order valence-electron chi connectivity index (χ1n) is 6.50. The fourth-order valence-corrected chi connectivity index (χ4v) is 3.33. The highest BCUT2D eigenvalue weighted by molar-refractivity contribution is 9.09. The predicted molar refractivity (Wildman–Crippen MR) is 76.0 cm³/mol. The van der Waals surface area contributed by atoms with Crippen LogP contribution >= 0.6 is 15.9 Å². The number of carbonyl (C=O) groups excluding carboxylic acids is 1. The fourth-order valence-electron chi connectivity index (χ4n) is 2.56. The van der Waals surface area contributed by atoms with Gasteiger partial charge in [0.05, 0.1) is 0 Å². The lowest BCUT2D eigenvalue weighted by molar-refractivity contribution is 0.0911. The highest BCUT2D eigenvalue weighted by atomic mass is 79.9. The van der Waals surface area contributed by atoms with Crippen LogP contribution in [0.2, 0.25) is 0 Å². The van der Waals surface area contributed by atoms with Gasteiger partial charge >= 0.3 is 0 Å². The van der Waals surface area contributed by atoms with Crippen molar-refractivity contribution in [3.8, 4) is 0 Å². The maximum Gasteiger partial charge on any atom is 0.251 e. The Bertz CT molecular complexity index is 422. The van der Waals surface area contributed by atoms with Gasteiger partial charge in [-0.2, -0.15) is 0 Å². The molecule has 1 aromatic rings. The summed E-state index contributed by atoms with van der Waals surface area (Å²) in [4.78, 5) is 16.3. The molecule has 0 aromatic carbocycles. The van der Waals surface area contributed by atoms with Crippen LogP contribution < -0.4 is 5.32 Å². The minimum absolute atomic E-state index is 0.0350. The summed E-state index contributed by atoms with van der Waals surface area (Å²) >= 11 is 3.55. The Morgan fingerprint density at radius 1 is 1.50 bits per heavy atom. The summed E-state index contributed by atoms with van der Waals surface area (Å²) in [6.45, 7) is 1.92. The van der Waals surface area contributed by atoms with E-state index in [1.165, 1.54) is 19.3 Å². The molecule has 1 aliphatic carbocycles. The fraction of sp³-hybridized carbons (Fsp3) is 0.571. The molecule has 2 unspecified atom stereocenters. The molecule has 1 amide bonds. The van der Waals surface area contributed by atoms with E-state index in [-0.39, 0.29) is 5.91 Å². The number of rotatable bonds is 3. The second-order valence-corrected chi connectivity index (χ2v) is 5.62. The average molecular weight is 311 g/mol. The highest BCUT2D eigenvalue weighted by Crippen LogP contribution is 2.26. The molecular weight excluding hydrogens is 292 g/mol. The third kappa shape index (κ3) is 3.10. The molecule has 1 saturated carbocycles. The summed E-state index contributed by atoms with van der Waals surface area (Å²) in [6, 6.07) is 2.09. The number of nitrogens with one attached hydrogen (secondary N) is 1. The highest BCUT2D eigenvalue weighted by Gasteiger charge is 2.26. The van der Waals surface area contributed by atoms with E-state index in [1.54, 1.807) is 18.5 Å². The van der Waals surface area contributed by atoms with Crippen molar-refractivity contribution in [2.75, 3.05) is 5.33 Å². The van der Waals surface area contributed by atoms with E-state index in [9.17, 15) is 4.79 Å². The standard InChI is InChI=1S/C14H19BrN2O/c1-10-9-16-7-6-12(10)14(18)17-13-5-3-2-4-11(13)8-15/h6-7,9,11,13H,2-5,8H2,1H3,(H,17,18). The number of nitrogens with zero attached hydrogens (tertiary/aromatic N) is 1. The van der Waals surface area contributed by atoms with Gasteiger partial charge in [-0.15, -0.1) is 0 Å². The quantitative estimate of drug-likeness (QED) is 0.872. The Morgan fingerprint density at radius 2 is 2.28 bits per heavy atom. The summed E-state index contributed by atoms with van der Waals surface area (Å²) in [6.07, 6.45) is 8.18. The normalized spacial score (nSPS) is 23.7. The van der Waals surface area contributed by atoms with E-state index in [0.717, 1.165) is 22.9 Å². The summed E-state index contributed by atoms with van der Waals surface area (Å²) < 4.78 is 0. The Hall–Kier alpha value is -0.900. The number of aryl methyl sites for hydroxylation is 1. The average Bonchev–Trinajstić information content (AvgIpc) is 2.39. The molecule has 1 N–H and O–H groups in total. The second kappa shape index (κ2) is 6.32. The zero-order valence-electron chi connectivity index (χ0n) is 10.7. The topological polar surface area (TPSA) is 42.0 Å². The molecule has 0 spiro atoms. The van der Waals surface area contributed by atoms with Gasteiger partial charge < -0.3 is 5.32 Å². The molecule has 0 aliphatic heterocycles. The van der Waals surface area contributed by atoms with Crippen LogP contribution in [0.15, 0.2) is 18.5 Å². The number of halogens is 1. The zero-order chi connectivity index (χ0) is 13.0. The van der Waals surface area contributed by atoms with Gasteiger partial charge in [0.25, 0.3) is 5.91 Å². The summed E-state index contributed by atoms with van der Waals surface area (Å²) in [7, 11) is 0.